The fraction of sp³-hybridized carbons (Fsp3) is 0.429. The first kappa shape index (κ1) is 11.0. The number of aliphatic imine (C=N–C) groups is 1. The Hall–Kier alpha value is -1.04. The summed E-state index contributed by atoms with van der Waals surface area (Å²) in [6, 6.07) is 0. The number of dihydropyridines is 1. The number of hydrogen-bond donors (Lipinski definition) is 1. The summed E-state index contributed by atoms with van der Waals surface area (Å²) < 4.78 is 36.2. The minimum Gasteiger partial charge on any atom is -0.481 e. The molecule has 0 fully saturated rings. The maximum atomic E-state index is 12.1. The number of aliphatic carboxylic acids is 1. The second kappa shape index (κ2) is 3.61. The molecule has 0 aliphatic carbocycles. The monoisotopic (exact) mass is 227 g/mol. The summed E-state index contributed by atoms with van der Waals surface area (Å²) in [5, 5.41) is 8.51. The average Bonchev–Trinajstić information content (AvgIpc) is 2.01. The highest BCUT2D eigenvalue weighted by Crippen LogP contribution is 2.26. The smallest absolute Gasteiger partial charge is 0.432 e. The standard InChI is InChI=1S/C7H5ClF3NO2/c8-5-3(6(13)14)1-2-4(12-5)7(9,10)11/h1-3,5H,(H,13,14). The minimum atomic E-state index is -4.59. The van der Waals surface area contributed by atoms with Crippen LogP contribution in [0.15, 0.2) is 17.1 Å². The Morgan fingerprint density at radius 3 is 2.50 bits per heavy atom. The van der Waals surface area contributed by atoms with E-state index in [4.69, 9.17) is 16.7 Å². The Morgan fingerprint density at radius 2 is 2.14 bits per heavy atom. The molecule has 0 spiro atoms. The van der Waals surface area contributed by atoms with Gasteiger partial charge in [-0.1, -0.05) is 17.7 Å². The summed E-state index contributed by atoms with van der Waals surface area (Å²) in [6.45, 7) is 0. The van der Waals surface area contributed by atoms with Gasteiger partial charge in [-0.2, -0.15) is 13.2 Å². The Bertz CT molecular complexity index is 311. The molecule has 0 saturated carbocycles. The van der Waals surface area contributed by atoms with E-state index in [0.717, 1.165) is 6.08 Å². The Kier molecular flexibility index (Phi) is 2.84. The molecule has 2 unspecified atom stereocenters. The lowest BCUT2D eigenvalue weighted by molar-refractivity contribution is -0.140. The second-order valence-corrected chi connectivity index (χ2v) is 3.06. The van der Waals surface area contributed by atoms with Crippen molar-refractivity contribution in [2.45, 2.75) is 11.7 Å². The van der Waals surface area contributed by atoms with Crippen LogP contribution in [0.5, 0.6) is 0 Å². The first-order valence-electron chi connectivity index (χ1n) is 3.52. The molecule has 78 valence electrons. The molecule has 0 aromatic carbocycles. The van der Waals surface area contributed by atoms with Crippen LogP contribution in [0.3, 0.4) is 0 Å². The van der Waals surface area contributed by atoms with Crippen molar-refractivity contribution in [1.82, 2.24) is 0 Å². The maximum Gasteiger partial charge on any atom is 0.432 e. The lowest BCUT2D eigenvalue weighted by atomic mass is 10.1. The molecule has 2 atom stereocenters. The molecule has 1 N–H and O–H groups in total. The van der Waals surface area contributed by atoms with Gasteiger partial charge >= 0.3 is 12.1 Å². The van der Waals surface area contributed by atoms with Crippen LogP contribution in [-0.4, -0.2) is 28.5 Å². The van der Waals surface area contributed by atoms with Gasteiger partial charge in [-0.3, -0.25) is 9.79 Å². The molecule has 0 aromatic rings. The first-order valence-corrected chi connectivity index (χ1v) is 3.96. The minimum absolute atomic E-state index is 0.623. The van der Waals surface area contributed by atoms with Crippen molar-refractivity contribution < 1.29 is 23.1 Å². The van der Waals surface area contributed by atoms with Crippen LogP contribution >= 0.6 is 11.6 Å². The van der Waals surface area contributed by atoms with Gasteiger partial charge in [0, 0.05) is 0 Å². The highest BCUT2D eigenvalue weighted by atomic mass is 35.5. The summed E-state index contributed by atoms with van der Waals surface area (Å²) in [5.41, 5.74) is -2.57. The summed E-state index contributed by atoms with van der Waals surface area (Å²) in [6.07, 6.45) is -3.08. The predicted molar refractivity (Wildman–Crippen MR) is 43.4 cm³/mol. The van der Waals surface area contributed by atoms with E-state index in [1.54, 1.807) is 0 Å². The van der Waals surface area contributed by atoms with Gasteiger partial charge in [0.25, 0.3) is 0 Å². The number of nitrogens with zero attached hydrogens (tertiary/aromatic N) is 1. The number of hydrogen-bond acceptors (Lipinski definition) is 2. The van der Waals surface area contributed by atoms with Crippen molar-refractivity contribution in [3.05, 3.63) is 12.2 Å². The molecule has 14 heavy (non-hydrogen) atoms. The number of rotatable bonds is 1. The summed E-state index contributed by atoms with van der Waals surface area (Å²) in [7, 11) is 0. The lowest BCUT2D eigenvalue weighted by Gasteiger charge is -2.18. The van der Waals surface area contributed by atoms with Crippen molar-refractivity contribution in [1.29, 1.82) is 0 Å². The fourth-order valence-corrected chi connectivity index (χ4v) is 1.21. The van der Waals surface area contributed by atoms with E-state index in [-0.39, 0.29) is 0 Å². The molecule has 0 bridgehead atoms. The van der Waals surface area contributed by atoms with Gasteiger partial charge in [0.05, 0.1) is 0 Å². The van der Waals surface area contributed by atoms with Gasteiger partial charge in [0.15, 0.2) is 0 Å². The predicted octanol–water partition coefficient (Wildman–Crippen LogP) is 1.83. The summed E-state index contributed by atoms with van der Waals surface area (Å²) in [4.78, 5) is 13.5. The molecular weight excluding hydrogens is 223 g/mol. The topological polar surface area (TPSA) is 49.7 Å². The van der Waals surface area contributed by atoms with E-state index in [0.29, 0.717) is 6.08 Å². The van der Waals surface area contributed by atoms with Gasteiger partial charge in [0.1, 0.15) is 17.1 Å². The molecule has 0 amide bonds. The van der Waals surface area contributed by atoms with E-state index in [1.807, 2.05) is 0 Å². The van der Waals surface area contributed by atoms with Crippen LogP contribution in [-0.2, 0) is 4.79 Å². The van der Waals surface area contributed by atoms with Crippen LogP contribution in [0.1, 0.15) is 0 Å². The van der Waals surface area contributed by atoms with Crippen molar-refractivity contribution in [3.8, 4) is 0 Å². The third-order valence-corrected chi connectivity index (χ3v) is 1.96. The van der Waals surface area contributed by atoms with Gasteiger partial charge < -0.3 is 5.11 Å². The summed E-state index contributed by atoms with van der Waals surface area (Å²) in [5.74, 6) is -2.51. The van der Waals surface area contributed by atoms with Crippen LogP contribution < -0.4 is 0 Å². The number of allylic oxidation sites excluding steroid dienone is 1. The highest BCUT2D eigenvalue weighted by molar-refractivity contribution is 6.23. The number of carboxylic acid groups (broad SMARTS) is 1. The van der Waals surface area contributed by atoms with Crippen molar-refractivity contribution in [2.24, 2.45) is 10.9 Å². The molecule has 1 rings (SSSR count). The van der Waals surface area contributed by atoms with Gasteiger partial charge in [-0.05, 0) is 6.08 Å². The highest BCUT2D eigenvalue weighted by Gasteiger charge is 2.38. The molecule has 1 heterocycles. The third-order valence-electron chi connectivity index (χ3n) is 1.60. The van der Waals surface area contributed by atoms with Crippen molar-refractivity contribution >= 4 is 23.3 Å². The zero-order valence-electron chi connectivity index (χ0n) is 6.62. The Balaban J connectivity index is 2.88. The normalized spacial score (nSPS) is 27.3. The molecule has 0 aromatic heterocycles. The maximum absolute atomic E-state index is 12.1. The van der Waals surface area contributed by atoms with Crippen LogP contribution in [0.2, 0.25) is 0 Å². The van der Waals surface area contributed by atoms with Crippen molar-refractivity contribution in [3.63, 3.8) is 0 Å². The molecule has 0 radical (unpaired) electrons. The van der Waals surface area contributed by atoms with Crippen LogP contribution in [0.25, 0.3) is 0 Å². The van der Waals surface area contributed by atoms with Crippen molar-refractivity contribution in [2.75, 3.05) is 0 Å². The number of halogens is 4. The quantitative estimate of drug-likeness (QED) is 0.549. The Morgan fingerprint density at radius 1 is 1.57 bits per heavy atom. The average molecular weight is 228 g/mol. The molecule has 1 aliphatic heterocycles. The summed E-state index contributed by atoms with van der Waals surface area (Å²) >= 11 is 5.36. The van der Waals surface area contributed by atoms with E-state index >= 15 is 0 Å². The van der Waals surface area contributed by atoms with E-state index in [2.05, 4.69) is 4.99 Å². The molecule has 3 nitrogen and oxygen atoms in total. The molecule has 1 aliphatic rings. The zero-order valence-corrected chi connectivity index (χ0v) is 7.38. The number of carboxylic acids is 1. The van der Waals surface area contributed by atoms with Gasteiger partial charge in [-0.15, -0.1) is 0 Å². The van der Waals surface area contributed by atoms with E-state index in [1.165, 1.54) is 0 Å². The first-order chi connectivity index (χ1) is 6.32. The number of carbonyl (C=O) groups is 1. The SMILES string of the molecule is O=C(O)C1C=CC(C(F)(F)F)=NC1Cl. The Labute approximate surface area is 81.9 Å². The number of alkyl halides is 4. The molecular formula is C7H5ClF3NO2. The molecule has 0 saturated heterocycles. The fourth-order valence-electron chi connectivity index (χ4n) is 0.910. The van der Waals surface area contributed by atoms with E-state index < -0.39 is 29.3 Å². The van der Waals surface area contributed by atoms with Crippen LogP contribution in [0.4, 0.5) is 13.2 Å². The third kappa shape index (κ3) is 2.25. The second-order valence-electron chi connectivity index (χ2n) is 2.61. The molecule has 7 heteroatoms. The largest absolute Gasteiger partial charge is 0.481 e. The lowest BCUT2D eigenvalue weighted by Crippen LogP contribution is -2.30. The van der Waals surface area contributed by atoms with E-state index in [9.17, 15) is 18.0 Å². The van der Waals surface area contributed by atoms with Gasteiger partial charge in [-0.25, -0.2) is 0 Å². The van der Waals surface area contributed by atoms with Gasteiger partial charge in [0.2, 0.25) is 0 Å². The zero-order chi connectivity index (χ0) is 10.9. The van der Waals surface area contributed by atoms with Crippen LogP contribution in [0, 0.1) is 5.92 Å².